The van der Waals surface area contributed by atoms with Gasteiger partial charge in [0.1, 0.15) is 5.75 Å². The first kappa shape index (κ1) is 9.52. The molecule has 2 N–H and O–H groups in total. The van der Waals surface area contributed by atoms with E-state index in [1.807, 2.05) is 0 Å². The molecule has 0 aliphatic heterocycles. The van der Waals surface area contributed by atoms with Gasteiger partial charge in [-0.05, 0) is 25.0 Å². The van der Waals surface area contributed by atoms with E-state index >= 15 is 0 Å². The van der Waals surface area contributed by atoms with Gasteiger partial charge in [0.2, 0.25) is 0 Å². The molecule has 0 spiro atoms. The largest absolute Gasteiger partial charge is 0.508 e. The zero-order valence-corrected chi connectivity index (χ0v) is 8.91. The van der Waals surface area contributed by atoms with Crippen LogP contribution in [0.15, 0.2) is 22.7 Å². The molecule has 1 saturated carbocycles. The molecular formula is C10H9BrO3. The molecule has 1 aliphatic carbocycles. The lowest BCUT2D eigenvalue weighted by atomic mass is 9.95. The maximum absolute atomic E-state index is 11.0. The SMILES string of the molecule is O=C(O)C1(c2ccc(Br)cc2O)CC1. The standard InChI is InChI=1S/C10H9BrO3/c11-6-1-2-7(8(12)5-6)10(3-4-10)9(13)14/h1-2,5,12H,3-4H2,(H,13,14). The maximum Gasteiger partial charge on any atom is 0.314 e. The Morgan fingerprint density at radius 3 is 2.50 bits per heavy atom. The molecule has 0 bridgehead atoms. The van der Waals surface area contributed by atoms with Gasteiger partial charge in [0.25, 0.3) is 0 Å². The highest BCUT2D eigenvalue weighted by atomic mass is 79.9. The summed E-state index contributed by atoms with van der Waals surface area (Å²) >= 11 is 3.21. The Morgan fingerprint density at radius 2 is 2.07 bits per heavy atom. The molecule has 1 fully saturated rings. The van der Waals surface area contributed by atoms with Crippen LogP contribution in [-0.4, -0.2) is 16.2 Å². The molecule has 2 rings (SSSR count). The Bertz CT molecular complexity index is 396. The van der Waals surface area contributed by atoms with Gasteiger partial charge in [0, 0.05) is 10.0 Å². The van der Waals surface area contributed by atoms with Crippen molar-refractivity contribution in [2.24, 2.45) is 0 Å². The summed E-state index contributed by atoms with van der Waals surface area (Å²) in [6, 6.07) is 4.94. The molecular weight excluding hydrogens is 248 g/mol. The maximum atomic E-state index is 11.0. The van der Waals surface area contributed by atoms with E-state index in [4.69, 9.17) is 5.11 Å². The predicted octanol–water partition coefficient (Wildman–Crippen LogP) is 2.27. The number of benzene rings is 1. The summed E-state index contributed by atoms with van der Waals surface area (Å²) in [5.74, 6) is -0.797. The van der Waals surface area contributed by atoms with Crippen molar-refractivity contribution in [2.45, 2.75) is 18.3 Å². The van der Waals surface area contributed by atoms with Crippen LogP contribution < -0.4 is 0 Å². The molecule has 74 valence electrons. The van der Waals surface area contributed by atoms with E-state index in [1.54, 1.807) is 12.1 Å². The first-order valence-corrected chi connectivity index (χ1v) is 5.08. The number of halogens is 1. The predicted molar refractivity (Wildman–Crippen MR) is 54.4 cm³/mol. The monoisotopic (exact) mass is 256 g/mol. The van der Waals surface area contributed by atoms with E-state index in [1.165, 1.54) is 6.07 Å². The number of phenols is 1. The molecule has 0 atom stereocenters. The molecule has 1 aliphatic rings. The fourth-order valence-corrected chi connectivity index (χ4v) is 1.98. The third-order valence-electron chi connectivity index (χ3n) is 2.63. The van der Waals surface area contributed by atoms with E-state index in [9.17, 15) is 9.90 Å². The van der Waals surface area contributed by atoms with Crippen molar-refractivity contribution < 1.29 is 15.0 Å². The molecule has 0 heterocycles. The average molecular weight is 257 g/mol. The minimum atomic E-state index is -0.852. The van der Waals surface area contributed by atoms with Crippen LogP contribution in [0.1, 0.15) is 18.4 Å². The Balaban J connectivity index is 2.47. The summed E-state index contributed by atoms with van der Waals surface area (Å²) < 4.78 is 0.750. The van der Waals surface area contributed by atoms with Gasteiger partial charge in [-0.15, -0.1) is 0 Å². The Kier molecular flexibility index (Phi) is 2.03. The van der Waals surface area contributed by atoms with Crippen LogP contribution in [0, 0.1) is 0 Å². The van der Waals surface area contributed by atoms with Crippen LogP contribution in [0.4, 0.5) is 0 Å². The summed E-state index contributed by atoms with van der Waals surface area (Å²) in [6.45, 7) is 0. The second-order valence-electron chi connectivity index (χ2n) is 3.55. The molecule has 14 heavy (non-hydrogen) atoms. The summed E-state index contributed by atoms with van der Waals surface area (Å²) in [4.78, 5) is 11.0. The molecule has 0 unspecified atom stereocenters. The minimum absolute atomic E-state index is 0.0549. The Morgan fingerprint density at radius 1 is 1.43 bits per heavy atom. The zero-order chi connectivity index (χ0) is 10.3. The van der Waals surface area contributed by atoms with Gasteiger partial charge in [0.15, 0.2) is 0 Å². The van der Waals surface area contributed by atoms with Gasteiger partial charge in [-0.2, -0.15) is 0 Å². The first-order valence-electron chi connectivity index (χ1n) is 4.29. The number of phenolic OH excluding ortho intramolecular Hbond substituents is 1. The van der Waals surface area contributed by atoms with E-state index in [-0.39, 0.29) is 5.75 Å². The molecule has 4 heteroatoms. The van der Waals surface area contributed by atoms with Gasteiger partial charge in [0.05, 0.1) is 5.41 Å². The van der Waals surface area contributed by atoms with Gasteiger partial charge in [-0.3, -0.25) is 4.79 Å². The highest BCUT2D eigenvalue weighted by Crippen LogP contribution is 2.51. The second kappa shape index (κ2) is 2.98. The van der Waals surface area contributed by atoms with Crippen LogP contribution >= 0.6 is 15.9 Å². The minimum Gasteiger partial charge on any atom is -0.508 e. The molecule has 0 aromatic heterocycles. The van der Waals surface area contributed by atoms with Crippen LogP contribution in [0.5, 0.6) is 5.75 Å². The van der Waals surface area contributed by atoms with Gasteiger partial charge >= 0.3 is 5.97 Å². The first-order chi connectivity index (χ1) is 6.56. The Labute approximate surface area is 89.5 Å². The lowest BCUT2D eigenvalue weighted by Gasteiger charge is -2.11. The van der Waals surface area contributed by atoms with Crippen LogP contribution in [0.3, 0.4) is 0 Å². The van der Waals surface area contributed by atoms with Crippen molar-refractivity contribution in [3.05, 3.63) is 28.2 Å². The van der Waals surface area contributed by atoms with E-state index in [0.717, 1.165) is 4.47 Å². The quantitative estimate of drug-likeness (QED) is 0.854. The number of hydrogen-bond acceptors (Lipinski definition) is 2. The number of aromatic hydroxyl groups is 1. The third-order valence-corrected chi connectivity index (χ3v) is 3.13. The molecule has 3 nitrogen and oxygen atoms in total. The number of hydrogen-bond donors (Lipinski definition) is 2. The van der Waals surface area contributed by atoms with Gasteiger partial charge < -0.3 is 10.2 Å². The van der Waals surface area contributed by atoms with Crippen molar-refractivity contribution >= 4 is 21.9 Å². The average Bonchev–Trinajstić information content (AvgIpc) is 2.84. The number of aliphatic carboxylic acids is 1. The molecule has 0 saturated heterocycles. The van der Waals surface area contributed by atoms with E-state index in [0.29, 0.717) is 18.4 Å². The number of carboxylic acid groups (broad SMARTS) is 1. The summed E-state index contributed by atoms with van der Waals surface area (Å²) in [6.07, 6.45) is 1.22. The van der Waals surface area contributed by atoms with Crippen molar-refractivity contribution in [1.29, 1.82) is 0 Å². The number of rotatable bonds is 2. The van der Waals surface area contributed by atoms with Gasteiger partial charge in [-0.25, -0.2) is 0 Å². The summed E-state index contributed by atoms with van der Waals surface area (Å²) in [5, 5.41) is 18.7. The fourth-order valence-electron chi connectivity index (χ4n) is 1.63. The van der Waals surface area contributed by atoms with E-state index in [2.05, 4.69) is 15.9 Å². The van der Waals surface area contributed by atoms with Crippen LogP contribution in [-0.2, 0) is 10.2 Å². The number of carboxylic acids is 1. The highest BCUT2D eigenvalue weighted by Gasteiger charge is 2.53. The van der Waals surface area contributed by atoms with Crippen molar-refractivity contribution in [3.8, 4) is 5.75 Å². The third kappa shape index (κ3) is 1.30. The fraction of sp³-hybridized carbons (Fsp3) is 0.300. The zero-order valence-electron chi connectivity index (χ0n) is 7.33. The smallest absolute Gasteiger partial charge is 0.314 e. The highest BCUT2D eigenvalue weighted by molar-refractivity contribution is 9.10. The van der Waals surface area contributed by atoms with E-state index < -0.39 is 11.4 Å². The lowest BCUT2D eigenvalue weighted by Crippen LogP contribution is -2.19. The Hall–Kier alpha value is -1.03. The topological polar surface area (TPSA) is 57.5 Å². The molecule has 0 amide bonds. The molecule has 1 aromatic rings. The van der Waals surface area contributed by atoms with Crippen molar-refractivity contribution in [3.63, 3.8) is 0 Å². The molecule has 1 aromatic carbocycles. The van der Waals surface area contributed by atoms with Crippen molar-refractivity contribution in [2.75, 3.05) is 0 Å². The van der Waals surface area contributed by atoms with Gasteiger partial charge in [-0.1, -0.05) is 22.0 Å². The van der Waals surface area contributed by atoms with Crippen molar-refractivity contribution in [1.82, 2.24) is 0 Å². The van der Waals surface area contributed by atoms with Crippen LogP contribution in [0.2, 0.25) is 0 Å². The second-order valence-corrected chi connectivity index (χ2v) is 4.46. The molecule has 0 radical (unpaired) electrons. The summed E-state index contributed by atoms with van der Waals surface area (Å²) in [5.41, 5.74) is -0.307. The number of carbonyl (C=O) groups is 1. The van der Waals surface area contributed by atoms with Crippen LogP contribution in [0.25, 0.3) is 0 Å². The normalized spacial score (nSPS) is 17.8. The summed E-state index contributed by atoms with van der Waals surface area (Å²) in [7, 11) is 0. The lowest BCUT2D eigenvalue weighted by molar-refractivity contribution is -0.140.